The van der Waals surface area contributed by atoms with Gasteiger partial charge in [0.2, 0.25) is 5.95 Å². The van der Waals surface area contributed by atoms with Crippen LogP contribution < -0.4 is 10.6 Å². The van der Waals surface area contributed by atoms with Crippen LogP contribution in [0.2, 0.25) is 0 Å². The first-order valence-electron chi connectivity index (χ1n) is 9.14. The third-order valence-corrected chi connectivity index (χ3v) is 5.63. The fraction of sp³-hybridized carbons (Fsp3) is 0.350. The van der Waals surface area contributed by atoms with Gasteiger partial charge in [-0.15, -0.1) is 0 Å². The number of hydrogen-bond acceptors (Lipinski definition) is 6. The van der Waals surface area contributed by atoms with Crippen LogP contribution in [0.15, 0.2) is 47.3 Å². The number of benzene rings is 1. The molecule has 3 heterocycles. The van der Waals surface area contributed by atoms with Gasteiger partial charge in [0.15, 0.2) is 0 Å². The molecular formula is C20H21N5O. The van der Waals surface area contributed by atoms with E-state index < -0.39 is 0 Å². The molecule has 2 aromatic heterocycles. The molecule has 0 saturated carbocycles. The van der Waals surface area contributed by atoms with Gasteiger partial charge in [-0.05, 0) is 43.5 Å². The maximum atomic E-state index is 4.87. The van der Waals surface area contributed by atoms with E-state index >= 15 is 0 Å². The van der Waals surface area contributed by atoms with Crippen molar-refractivity contribution in [1.82, 2.24) is 20.4 Å². The summed E-state index contributed by atoms with van der Waals surface area (Å²) in [6.07, 6.45) is 6.91. The Bertz CT molecular complexity index is 916. The zero-order valence-electron chi connectivity index (χ0n) is 14.5. The quantitative estimate of drug-likeness (QED) is 0.759. The van der Waals surface area contributed by atoms with E-state index in [-0.39, 0.29) is 5.41 Å². The van der Waals surface area contributed by atoms with Crippen LogP contribution in [0.1, 0.15) is 29.7 Å². The van der Waals surface area contributed by atoms with Gasteiger partial charge in [-0.2, -0.15) is 0 Å². The van der Waals surface area contributed by atoms with Crippen molar-refractivity contribution in [3.05, 3.63) is 59.6 Å². The molecule has 6 heteroatoms. The van der Waals surface area contributed by atoms with E-state index in [0.717, 1.165) is 43.7 Å². The number of hydrogen-bond donors (Lipinski definition) is 2. The third-order valence-electron chi connectivity index (χ3n) is 5.63. The smallest absolute Gasteiger partial charge is 0.223 e. The van der Waals surface area contributed by atoms with Gasteiger partial charge < -0.3 is 15.2 Å². The van der Waals surface area contributed by atoms with E-state index in [4.69, 9.17) is 9.51 Å². The molecule has 5 rings (SSSR count). The normalized spacial score (nSPS) is 17.5. The summed E-state index contributed by atoms with van der Waals surface area (Å²) in [6, 6.07) is 10.6. The maximum absolute atomic E-state index is 4.87. The average molecular weight is 347 g/mol. The molecule has 0 amide bonds. The molecule has 2 aliphatic rings. The lowest BCUT2D eigenvalue weighted by Crippen LogP contribution is -2.43. The van der Waals surface area contributed by atoms with Gasteiger partial charge in [-0.1, -0.05) is 29.4 Å². The van der Waals surface area contributed by atoms with Crippen molar-refractivity contribution in [2.75, 3.05) is 18.4 Å². The molecule has 1 aliphatic carbocycles. The lowest BCUT2D eigenvalue weighted by Gasteiger charge is -2.42. The van der Waals surface area contributed by atoms with Crippen LogP contribution in [0.5, 0.6) is 0 Å². The lowest BCUT2D eigenvalue weighted by atomic mass is 9.64. The first-order valence-corrected chi connectivity index (χ1v) is 9.14. The fourth-order valence-electron chi connectivity index (χ4n) is 4.32. The summed E-state index contributed by atoms with van der Waals surface area (Å²) in [4.78, 5) is 9.38. The van der Waals surface area contributed by atoms with Gasteiger partial charge in [0.05, 0.1) is 12.2 Å². The van der Waals surface area contributed by atoms with Crippen molar-refractivity contribution >= 4 is 5.95 Å². The highest BCUT2D eigenvalue weighted by Crippen LogP contribution is 2.46. The second kappa shape index (κ2) is 6.21. The lowest BCUT2D eigenvalue weighted by molar-refractivity contribution is 0.302. The second-order valence-electron chi connectivity index (χ2n) is 7.16. The molecule has 0 atom stereocenters. The average Bonchev–Trinajstić information content (AvgIpc) is 3.21. The summed E-state index contributed by atoms with van der Waals surface area (Å²) in [6.45, 7) is 2.69. The molecule has 1 aliphatic heterocycles. The number of anilines is 1. The van der Waals surface area contributed by atoms with Crippen molar-refractivity contribution in [3.63, 3.8) is 0 Å². The Kier molecular flexibility index (Phi) is 3.71. The van der Waals surface area contributed by atoms with Gasteiger partial charge in [0, 0.05) is 23.2 Å². The Labute approximate surface area is 152 Å². The summed E-state index contributed by atoms with van der Waals surface area (Å²) in [5.74, 6) is 0.628. The van der Waals surface area contributed by atoms with Gasteiger partial charge in [-0.3, -0.25) is 0 Å². The van der Waals surface area contributed by atoms with Crippen LogP contribution in [-0.2, 0) is 18.4 Å². The van der Waals surface area contributed by atoms with E-state index in [9.17, 15) is 0 Å². The number of piperidine rings is 1. The Morgan fingerprint density at radius 3 is 2.88 bits per heavy atom. The zero-order valence-corrected chi connectivity index (χ0v) is 14.5. The number of nitrogens with one attached hydrogen (secondary N) is 2. The van der Waals surface area contributed by atoms with E-state index in [1.807, 2.05) is 12.3 Å². The van der Waals surface area contributed by atoms with Gasteiger partial charge in [-0.25, -0.2) is 9.97 Å². The van der Waals surface area contributed by atoms with E-state index in [2.05, 4.69) is 45.0 Å². The summed E-state index contributed by atoms with van der Waals surface area (Å²) >= 11 is 0. The molecule has 1 aromatic carbocycles. The Hall–Kier alpha value is -2.73. The van der Waals surface area contributed by atoms with Crippen molar-refractivity contribution in [1.29, 1.82) is 0 Å². The van der Waals surface area contributed by atoms with Crippen LogP contribution in [0.4, 0.5) is 5.95 Å². The fourth-order valence-corrected chi connectivity index (χ4v) is 4.32. The number of nitrogens with zero attached hydrogens (tertiary/aromatic N) is 3. The van der Waals surface area contributed by atoms with Gasteiger partial charge in [0.25, 0.3) is 0 Å². The van der Waals surface area contributed by atoms with Crippen LogP contribution in [0, 0.1) is 0 Å². The SMILES string of the molecule is c1ccc2c(c1)-c1nc(NCc3ccon3)ncc1CC21CCNCC1. The van der Waals surface area contributed by atoms with E-state index in [1.165, 1.54) is 16.7 Å². The van der Waals surface area contributed by atoms with Crippen LogP contribution in [0.3, 0.4) is 0 Å². The molecule has 1 saturated heterocycles. The third kappa shape index (κ3) is 2.57. The highest BCUT2D eigenvalue weighted by Gasteiger charge is 2.40. The Morgan fingerprint density at radius 2 is 2.04 bits per heavy atom. The molecular weight excluding hydrogens is 326 g/mol. The topological polar surface area (TPSA) is 75.9 Å². The number of fused-ring (bicyclic) bond motifs is 4. The van der Waals surface area contributed by atoms with Gasteiger partial charge in [0.1, 0.15) is 12.0 Å². The van der Waals surface area contributed by atoms with Crippen LogP contribution in [0.25, 0.3) is 11.3 Å². The molecule has 1 fully saturated rings. The Balaban J connectivity index is 1.51. The molecule has 132 valence electrons. The number of rotatable bonds is 3. The maximum Gasteiger partial charge on any atom is 0.223 e. The highest BCUT2D eigenvalue weighted by atomic mass is 16.5. The minimum absolute atomic E-state index is 0.216. The van der Waals surface area contributed by atoms with Crippen molar-refractivity contribution in [3.8, 4) is 11.3 Å². The molecule has 1 spiro atoms. The minimum atomic E-state index is 0.216. The summed E-state index contributed by atoms with van der Waals surface area (Å²) < 4.78 is 4.87. The summed E-state index contributed by atoms with van der Waals surface area (Å²) in [5, 5.41) is 10.7. The molecule has 3 aromatic rings. The second-order valence-corrected chi connectivity index (χ2v) is 7.16. The zero-order chi connectivity index (χ0) is 17.4. The molecule has 0 unspecified atom stereocenters. The summed E-state index contributed by atoms with van der Waals surface area (Å²) in [7, 11) is 0. The summed E-state index contributed by atoms with van der Waals surface area (Å²) in [5.41, 5.74) is 6.05. The molecule has 0 radical (unpaired) electrons. The first-order chi connectivity index (χ1) is 12.8. The number of aromatic nitrogens is 3. The minimum Gasteiger partial charge on any atom is -0.364 e. The van der Waals surface area contributed by atoms with E-state index in [0.29, 0.717) is 12.5 Å². The first kappa shape index (κ1) is 15.5. The highest BCUT2D eigenvalue weighted by molar-refractivity contribution is 5.72. The molecule has 0 bridgehead atoms. The molecule has 26 heavy (non-hydrogen) atoms. The Morgan fingerprint density at radius 1 is 1.15 bits per heavy atom. The van der Waals surface area contributed by atoms with E-state index in [1.54, 1.807) is 6.26 Å². The molecule has 2 N–H and O–H groups in total. The standard InChI is InChI=1S/C20H21N5O/c1-2-4-17-16(3-1)18-14(11-20(17)6-8-21-9-7-20)12-22-19(24-18)23-13-15-5-10-26-25-15/h1-5,10,12,21H,6-9,11,13H2,(H,22,23,24). The predicted molar refractivity (Wildman–Crippen MR) is 98.8 cm³/mol. The van der Waals surface area contributed by atoms with Crippen LogP contribution in [-0.4, -0.2) is 28.2 Å². The largest absolute Gasteiger partial charge is 0.364 e. The monoisotopic (exact) mass is 347 g/mol. The van der Waals surface area contributed by atoms with Crippen molar-refractivity contribution < 1.29 is 4.52 Å². The predicted octanol–water partition coefficient (Wildman–Crippen LogP) is 2.92. The van der Waals surface area contributed by atoms with Crippen molar-refractivity contribution in [2.24, 2.45) is 0 Å². The van der Waals surface area contributed by atoms with Gasteiger partial charge >= 0.3 is 0 Å². The van der Waals surface area contributed by atoms with Crippen LogP contribution >= 0.6 is 0 Å². The molecule has 6 nitrogen and oxygen atoms in total. The van der Waals surface area contributed by atoms with Crippen molar-refractivity contribution in [2.45, 2.75) is 31.2 Å².